The molecule has 0 aliphatic carbocycles. The van der Waals surface area contributed by atoms with Crippen molar-refractivity contribution in [1.29, 1.82) is 0 Å². The highest BCUT2D eigenvalue weighted by atomic mass is 32.1. The average Bonchev–Trinajstić information content (AvgIpc) is 3.39. The summed E-state index contributed by atoms with van der Waals surface area (Å²) in [5, 5.41) is 20.2. The van der Waals surface area contributed by atoms with Gasteiger partial charge in [0.2, 0.25) is 0 Å². The molecule has 4 heterocycles. The maximum absolute atomic E-state index is 13.1. The lowest BCUT2D eigenvalue weighted by Gasteiger charge is -2.23. The molecule has 4 N–H and O–H groups in total. The second kappa shape index (κ2) is 10.9. The number of aliphatic hydroxyl groups excluding tert-OH is 2. The molecule has 14 nitrogen and oxygen atoms in total. The fourth-order valence-electron chi connectivity index (χ4n) is 4.27. The summed E-state index contributed by atoms with van der Waals surface area (Å²) in [6, 6.07) is 0. The van der Waals surface area contributed by atoms with E-state index in [0.29, 0.717) is 15.8 Å². The number of aromatic amines is 2. The summed E-state index contributed by atoms with van der Waals surface area (Å²) in [6.45, 7) is 3.73. The SMILES string of the molecule is Cc1cn([C@@H]2C[C@H](OP(C)(=O)OC[C@H]3O[C@@H](n4cc(C)c(=S)[nH]c4=O)C[C@@H]3O)[C@@H](CO)O2)c(=O)[nH]c1=O. The number of aryl methyl sites for hydroxylation is 2. The molecule has 0 radical (unpaired) electrons. The summed E-state index contributed by atoms with van der Waals surface area (Å²) in [7, 11) is -3.75. The van der Waals surface area contributed by atoms with E-state index in [1.54, 1.807) is 6.92 Å². The van der Waals surface area contributed by atoms with Gasteiger partial charge in [0.1, 0.15) is 29.3 Å². The summed E-state index contributed by atoms with van der Waals surface area (Å²) in [6.07, 6.45) is -2.29. The predicted molar refractivity (Wildman–Crippen MR) is 131 cm³/mol. The van der Waals surface area contributed by atoms with Crippen LogP contribution in [0.15, 0.2) is 26.8 Å². The molecule has 2 aliphatic rings. The largest absolute Gasteiger partial charge is 0.394 e. The van der Waals surface area contributed by atoms with E-state index in [9.17, 15) is 29.2 Å². The van der Waals surface area contributed by atoms with Crippen molar-refractivity contribution in [3.8, 4) is 0 Å². The zero-order chi connectivity index (χ0) is 27.1. The minimum absolute atomic E-state index is 0.0556. The van der Waals surface area contributed by atoms with Crippen LogP contribution in [-0.4, -0.2) is 73.6 Å². The Bertz CT molecular complexity index is 1430. The van der Waals surface area contributed by atoms with Crippen molar-refractivity contribution in [1.82, 2.24) is 19.1 Å². The molecule has 2 saturated heterocycles. The van der Waals surface area contributed by atoms with Crippen LogP contribution in [0.2, 0.25) is 0 Å². The van der Waals surface area contributed by atoms with Crippen molar-refractivity contribution in [3.63, 3.8) is 0 Å². The molecule has 0 saturated carbocycles. The molecular formula is C21H29N4O10PS. The first kappa shape index (κ1) is 27.8. The van der Waals surface area contributed by atoms with Crippen LogP contribution in [0, 0.1) is 18.5 Å². The maximum Gasteiger partial charge on any atom is 0.330 e. The van der Waals surface area contributed by atoms with Crippen LogP contribution in [0.1, 0.15) is 36.4 Å². The standard InChI is InChI=1S/C21H29N4O10PS/c1-10-6-24(20(29)22-18(10)28)17-5-13(14(8-26)33-17)35-36(3,31)32-9-15-12(27)4-16(34-15)25-7-11(2)19(37)23-21(25)30/h6-7,12-17,26-27H,4-5,8-9H2,1-3H3,(H,22,28,29)(H,23,30,37)/t12-,13-,14+,15+,16+,17-,36?/m0/s1. The normalized spacial score (nSPS) is 29.4. The van der Waals surface area contributed by atoms with E-state index in [1.807, 2.05) is 0 Å². The van der Waals surface area contributed by atoms with Crippen LogP contribution in [0.25, 0.3) is 0 Å². The molecule has 2 fully saturated rings. The summed E-state index contributed by atoms with van der Waals surface area (Å²) >= 11 is 5.05. The van der Waals surface area contributed by atoms with Crippen molar-refractivity contribution >= 4 is 19.8 Å². The molecule has 0 bridgehead atoms. The number of hydrogen-bond acceptors (Lipinski definition) is 11. The van der Waals surface area contributed by atoms with Crippen LogP contribution in [0.5, 0.6) is 0 Å². The van der Waals surface area contributed by atoms with E-state index < -0.39 is 68.0 Å². The molecule has 204 valence electrons. The third kappa shape index (κ3) is 6.10. The summed E-state index contributed by atoms with van der Waals surface area (Å²) < 4.78 is 38.5. The Labute approximate surface area is 215 Å². The molecule has 4 rings (SSSR count). The number of aromatic nitrogens is 4. The number of rotatable bonds is 8. The van der Waals surface area contributed by atoms with Crippen molar-refractivity contribution in [2.24, 2.45) is 0 Å². The molecule has 16 heteroatoms. The average molecular weight is 561 g/mol. The van der Waals surface area contributed by atoms with Gasteiger partial charge in [-0.15, -0.1) is 0 Å². The number of hydrogen-bond donors (Lipinski definition) is 4. The number of nitrogens with one attached hydrogen (secondary N) is 2. The first-order chi connectivity index (χ1) is 17.4. The van der Waals surface area contributed by atoms with Gasteiger partial charge in [0.05, 0.1) is 25.4 Å². The zero-order valence-corrected chi connectivity index (χ0v) is 22.1. The molecule has 2 aromatic heterocycles. The molecule has 1 unspecified atom stereocenters. The van der Waals surface area contributed by atoms with Crippen LogP contribution >= 0.6 is 19.8 Å². The zero-order valence-electron chi connectivity index (χ0n) is 20.4. The maximum atomic E-state index is 13.1. The first-order valence-electron chi connectivity index (χ1n) is 11.5. The van der Waals surface area contributed by atoms with Gasteiger partial charge in [-0.05, 0) is 13.8 Å². The minimum Gasteiger partial charge on any atom is -0.394 e. The van der Waals surface area contributed by atoms with E-state index >= 15 is 0 Å². The van der Waals surface area contributed by atoms with E-state index in [1.165, 1.54) is 35.1 Å². The number of H-pyrrole nitrogens is 2. The molecular weight excluding hydrogens is 531 g/mol. The first-order valence-corrected chi connectivity index (χ1v) is 13.9. The van der Waals surface area contributed by atoms with Crippen LogP contribution in [0.3, 0.4) is 0 Å². The third-order valence-electron chi connectivity index (χ3n) is 6.28. The summed E-state index contributed by atoms with van der Waals surface area (Å²) in [5.41, 5.74) is -0.743. The fourth-order valence-corrected chi connectivity index (χ4v) is 5.60. The van der Waals surface area contributed by atoms with E-state index in [-0.39, 0.29) is 19.4 Å². The summed E-state index contributed by atoms with van der Waals surface area (Å²) in [5.74, 6) is 0. The molecule has 0 amide bonds. The van der Waals surface area contributed by atoms with Crippen molar-refractivity contribution in [2.45, 2.75) is 63.6 Å². The Hall–Kier alpha value is -2.23. The van der Waals surface area contributed by atoms with Gasteiger partial charge >= 0.3 is 19.0 Å². The van der Waals surface area contributed by atoms with Crippen LogP contribution in [-0.2, 0) is 23.1 Å². The van der Waals surface area contributed by atoms with Crippen molar-refractivity contribution < 1.29 is 33.3 Å². The molecule has 2 aromatic rings. The van der Waals surface area contributed by atoms with Gasteiger partial charge in [-0.25, -0.2) is 9.59 Å². The second-order valence-corrected chi connectivity index (χ2v) is 11.6. The van der Waals surface area contributed by atoms with Crippen molar-refractivity contribution in [2.75, 3.05) is 19.9 Å². The van der Waals surface area contributed by atoms with E-state index in [0.717, 1.165) is 0 Å². The van der Waals surface area contributed by atoms with E-state index in [4.69, 9.17) is 30.7 Å². The third-order valence-corrected chi connectivity index (χ3v) is 7.97. The van der Waals surface area contributed by atoms with Crippen LogP contribution < -0.4 is 16.9 Å². The Morgan fingerprint density at radius 3 is 2.32 bits per heavy atom. The molecule has 2 aliphatic heterocycles. The Balaban J connectivity index is 1.39. The van der Waals surface area contributed by atoms with Gasteiger partial charge in [0, 0.05) is 43.0 Å². The highest BCUT2D eigenvalue weighted by Crippen LogP contribution is 2.49. The van der Waals surface area contributed by atoms with Gasteiger partial charge in [0.15, 0.2) is 0 Å². The molecule has 0 spiro atoms. The lowest BCUT2D eigenvalue weighted by Crippen LogP contribution is -2.33. The fraction of sp³-hybridized carbons (Fsp3) is 0.619. The molecule has 37 heavy (non-hydrogen) atoms. The number of nitrogens with zero attached hydrogens (tertiary/aromatic N) is 2. The van der Waals surface area contributed by atoms with Gasteiger partial charge in [-0.1, -0.05) is 12.2 Å². The molecule has 0 aromatic carbocycles. The summed E-state index contributed by atoms with van der Waals surface area (Å²) in [4.78, 5) is 40.8. The highest BCUT2D eigenvalue weighted by molar-refractivity contribution is 7.71. The monoisotopic (exact) mass is 560 g/mol. The topological polar surface area (TPSA) is 187 Å². The van der Waals surface area contributed by atoms with Crippen molar-refractivity contribution in [3.05, 3.63) is 59.5 Å². The smallest absolute Gasteiger partial charge is 0.330 e. The Morgan fingerprint density at radius 1 is 1.05 bits per heavy atom. The number of aliphatic hydroxyl groups is 2. The Morgan fingerprint density at radius 2 is 1.65 bits per heavy atom. The van der Waals surface area contributed by atoms with E-state index in [2.05, 4.69) is 9.97 Å². The lowest BCUT2D eigenvalue weighted by atomic mass is 10.2. The van der Waals surface area contributed by atoms with Gasteiger partial charge in [-0.2, -0.15) is 0 Å². The van der Waals surface area contributed by atoms with Crippen LogP contribution in [0.4, 0.5) is 0 Å². The van der Waals surface area contributed by atoms with Gasteiger partial charge in [-0.3, -0.25) is 28.5 Å². The molecule has 7 atom stereocenters. The lowest BCUT2D eigenvalue weighted by molar-refractivity contribution is -0.0521. The number of ether oxygens (including phenoxy) is 2. The van der Waals surface area contributed by atoms with Gasteiger partial charge < -0.3 is 28.7 Å². The highest BCUT2D eigenvalue weighted by Gasteiger charge is 2.42. The quantitative estimate of drug-likeness (QED) is 0.256. The predicted octanol–water partition coefficient (Wildman–Crippen LogP) is 0.226. The van der Waals surface area contributed by atoms with Gasteiger partial charge in [0.25, 0.3) is 5.56 Å². The minimum atomic E-state index is -3.75. The second-order valence-electron chi connectivity index (χ2n) is 9.15. The Kier molecular flexibility index (Phi) is 8.16.